The number of aliphatic carboxylic acids is 1. The fourth-order valence-corrected chi connectivity index (χ4v) is 4.69. The maximum atomic E-state index is 13.3. The average Bonchev–Trinajstić information content (AvgIpc) is 2.94. The maximum Gasteiger partial charge on any atom is 0.333 e. The minimum absolute atomic E-state index is 0.221. The van der Waals surface area contributed by atoms with Gasteiger partial charge in [-0.1, -0.05) is 41.4 Å². The van der Waals surface area contributed by atoms with Gasteiger partial charge in [-0.05, 0) is 73.0 Å². The largest absolute Gasteiger partial charge is 0.495 e. The number of hydrogen-bond donors (Lipinski definition) is 2. The fourth-order valence-electron chi connectivity index (χ4n) is 4.12. The molecule has 3 aromatic rings. The molecule has 0 saturated carbocycles. The number of ether oxygens (including phenoxy) is 4. The van der Waals surface area contributed by atoms with Crippen LogP contribution in [0.5, 0.6) is 11.5 Å². The molecule has 1 unspecified atom stereocenters. The number of carboxylic acids is 1. The molecular weight excluding hydrogens is 583 g/mol. The highest BCUT2D eigenvalue weighted by atomic mass is 35.5. The average molecular weight is 620 g/mol. The second-order valence-corrected chi connectivity index (χ2v) is 10.3. The van der Waals surface area contributed by atoms with Gasteiger partial charge in [0.2, 0.25) is 0 Å². The molecule has 0 saturated heterocycles. The predicted octanol–water partition coefficient (Wildman–Crippen LogP) is 6.47. The Labute approximate surface area is 256 Å². The number of carboxylic acid groups (broad SMARTS) is 1. The number of amides is 2. The van der Waals surface area contributed by atoms with E-state index < -0.39 is 12.1 Å². The van der Waals surface area contributed by atoms with Crippen molar-refractivity contribution in [3.8, 4) is 11.5 Å². The minimum atomic E-state index is -1.00. The monoisotopic (exact) mass is 618 g/mol. The van der Waals surface area contributed by atoms with Gasteiger partial charge in [-0.25, -0.2) is 9.59 Å². The van der Waals surface area contributed by atoms with Crippen LogP contribution in [0.3, 0.4) is 0 Å². The van der Waals surface area contributed by atoms with Crippen molar-refractivity contribution in [2.45, 2.75) is 33.0 Å². The molecule has 0 aliphatic carbocycles. The summed E-state index contributed by atoms with van der Waals surface area (Å²) < 4.78 is 22.4. The fraction of sp³-hybridized carbons (Fsp3) is 0.355. The molecule has 3 aromatic carbocycles. The molecule has 0 aliphatic rings. The zero-order valence-electron chi connectivity index (χ0n) is 23.9. The summed E-state index contributed by atoms with van der Waals surface area (Å²) >= 11 is 12.2. The van der Waals surface area contributed by atoms with Crippen LogP contribution >= 0.6 is 23.2 Å². The Morgan fingerprint density at radius 2 is 1.64 bits per heavy atom. The first kappa shape index (κ1) is 33.0. The van der Waals surface area contributed by atoms with E-state index >= 15 is 0 Å². The van der Waals surface area contributed by atoms with Crippen molar-refractivity contribution >= 4 is 40.9 Å². The van der Waals surface area contributed by atoms with Gasteiger partial charge in [-0.2, -0.15) is 0 Å². The Hall–Kier alpha value is -3.50. The molecule has 11 heteroatoms. The number of urea groups is 1. The van der Waals surface area contributed by atoms with Crippen molar-refractivity contribution in [1.82, 2.24) is 4.90 Å². The van der Waals surface area contributed by atoms with E-state index in [0.717, 1.165) is 16.7 Å². The molecule has 226 valence electrons. The predicted molar refractivity (Wildman–Crippen MR) is 163 cm³/mol. The number of halogens is 2. The number of methoxy groups -OCH3 is 1. The number of aryl methyl sites for hydroxylation is 1. The lowest BCUT2D eigenvalue weighted by molar-refractivity contribution is -0.149. The molecular formula is C31H36Cl2N2O7. The van der Waals surface area contributed by atoms with Gasteiger partial charge in [0.15, 0.2) is 6.10 Å². The van der Waals surface area contributed by atoms with E-state index in [0.29, 0.717) is 40.4 Å². The van der Waals surface area contributed by atoms with Crippen LogP contribution in [-0.2, 0) is 27.3 Å². The van der Waals surface area contributed by atoms with Crippen LogP contribution < -0.4 is 14.8 Å². The van der Waals surface area contributed by atoms with Crippen LogP contribution in [0.25, 0.3) is 0 Å². The molecule has 0 fully saturated rings. The van der Waals surface area contributed by atoms with Crippen molar-refractivity contribution in [2.75, 3.05) is 45.3 Å². The van der Waals surface area contributed by atoms with Crippen LogP contribution in [0.15, 0.2) is 60.7 Å². The number of anilines is 1. The lowest BCUT2D eigenvalue weighted by Gasteiger charge is -2.24. The zero-order valence-corrected chi connectivity index (χ0v) is 25.4. The third-order valence-electron chi connectivity index (χ3n) is 6.20. The summed E-state index contributed by atoms with van der Waals surface area (Å²) in [7, 11) is 1.55. The van der Waals surface area contributed by atoms with Crippen LogP contribution in [-0.4, -0.2) is 68.1 Å². The van der Waals surface area contributed by atoms with Crippen LogP contribution in [0.1, 0.15) is 23.6 Å². The second kappa shape index (κ2) is 16.8. The van der Waals surface area contributed by atoms with Gasteiger partial charge in [0.05, 0.1) is 32.6 Å². The number of carbonyl (C=O) groups excluding carboxylic acids is 1. The molecule has 0 radical (unpaired) electrons. The van der Waals surface area contributed by atoms with Crippen LogP contribution in [0.4, 0.5) is 10.5 Å². The van der Waals surface area contributed by atoms with Gasteiger partial charge < -0.3 is 34.3 Å². The molecule has 2 amide bonds. The lowest BCUT2D eigenvalue weighted by atomic mass is 10.1. The topological polar surface area (TPSA) is 107 Å². The third kappa shape index (κ3) is 10.7. The molecule has 0 spiro atoms. The molecule has 0 heterocycles. The zero-order chi connectivity index (χ0) is 30.5. The third-order valence-corrected chi connectivity index (χ3v) is 6.63. The molecule has 0 aromatic heterocycles. The van der Waals surface area contributed by atoms with Gasteiger partial charge in [-0.15, -0.1) is 0 Å². The van der Waals surface area contributed by atoms with Gasteiger partial charge in [0.1, 0.15) is 18.1 Å². The first-order valence-corrected chi connectivity index (χ1v) is 14.2. The SMILES string of the molecule is CCOC(Cc1ccc(OCCN(CCOCc2cc(Cl)cc(Cl)c2)C(=O)Nc2cc(C)ccc2OC)cc1)C(=O)O. The molecule has 1 atom stereocenters. The lowest BCUT2D eigenvalue weighted by Crippen LogP contribution is -2.40. The van der Waals surface area contributed by atoms with Crippen molar-refractivity contribution in [1.29, 1.82) is 0 Å². The number of rotatable bonds is 16. The number of nitrogens with zero attached hydrogens (tertiary/aromatic N) is 1. The summed E-state index contributed by atoms with van der Waals surface area (Å²) in [4.78, 5) is 26.3. The van der Waals surface area contributed by atoms with E-state index in [1.807, 2.05) is 19.1 Å². The highest BCUT2D eigenvalue weighted by Crippen LogP contribution is 2.25. The molecule has 0 bridgehead atoms. The summed E-state index contributed by atoms with van der Waals surface area (Å²) in [6, 6.07) is 17.6. The molecule has 42 heavy (non-hydrogen) atoms. The summed E-state index contributed by atoms with van der Waals surface area (Å²) in [5.41, 5.74) is 3.18. The maximum absolute atomic E-state index is 13.3. The smallest absolute Gasteiger partial charge is 0.333 e. The van der Waals surface area contributed by atoms with E-state index in [9.17, 15) is 14.7 Å². The Morgan fingerprint density at radius 1 is 0.952 bits per heavy atom. The Kier molecular flexibility index (Phi) is 13.2. The van der Waals surface area contributed by atoms with Gasteiger partial charge >= 0.3 is 12.0 Å². The Balaban J connectivity index is 1.60. The van der Waals surface area contributed by atoms with Crippen molar-refractivity contribution in [2.24, 2.45) is 0 Å². The van der Waals surface area contributed by atoms with Gasteiger partial charge in [0, 0.05) is 29.6 Å². The quantitative estimate of drug-likeness (QED) is 0.177. The second-order valence-electron chi connectivity index (χ2n) is 9.43. The first-order valence-electron chi connectivity index (χ1n) is 13.5. The van der Waals surface area contributed by atoms with E-state index in [1.165, 1.54) is 0 Å². The standard InChI is InChI=1S/C31H36Cl2N2O7/c1-4-41-29(30(36)37)18-22-6-8-26(9-7-22)42-14-12-35(11-13-40-20-23-16-24(32)19-25(33)17-23)31(38)34-27-15-21(2)5-10-28(27)39-3/h5-10,15-17,19,29H,4,11-14,18,20H2,1-3H3,(H,34,38)(H,36,37). The normalized spacial score (nSPS) is 11.5. The number of carbonyl (C=O) groups is 2. The number of hydrogen-bond acceptors (Lipinski definition) is 6. The Morgan fingerprint density at radius 3 is 2.29 bits per heavy atom. The van der Waals surface area contributed by atoms with Crippen molar-refractivity contribution in [3.05, 3.63) is 87.4 Å². The van der Waals surface area contributed by atoms with Crippen molar-refractivity contribution < 1.29 is 33.6 Å². The number of nitrogens with one attached hydrogen (secondary N) is 1. The van der Waals surface area contributed by atoms with E-state index in [2.05, 4.69) is 5.32 Å². The highest BCUT2D eigenvalue weighted by molar-refractivity contribution is 6.34. The Bertz CT molecular complexity index is 1300. The molecule has 9 nitrogen and oxygen atoms in total. The van der Waals surface area contributed by atoms with Crippen LogP contribution in [0, 0.1) is 6.92 Å². The number of benzene rings is 3. The summed E-state index contributed by atoms with van der Waals surface area (Å²) in [5.74, 6) is 0.143. The summed E-state index contributed by atoms with van der Waals surface area (Å²) in [5, 5.41) is 13.3. The summed E-state index contributed by atoms with van der Waals surface area (Å²) in [6.45, 7) is 5.36. The first-order chi connectivity index (χ1) is 20.2. The van der Waals surface area contributed by atoms with Crippen molar-refractivity contribution in [3.63, 3.8) is 0 Å². The molecule has 2 N–H and O–H groups in total. The van der Waals surface area contributed by atoms with Gasteiger partial charge in [0.25, 0.3) is 0 Å². The van der Waals surface area contributed by atoms with E-state index in [1.54, 1.807) is 67.5 Å². The van der Waals surface area contributed by atoms with E-state index in [4.69, 9.17) is 42.1 Å². The van der Waals surface area contributed by atoms with E-state index in [-0.39, 0.29) is 38.8 Å². The molecule has 0 aliphatic heterocycles. The molecule has 3 rings (SSSR count). The summed E-state index contributed by atoms with van der Waals surface area (Å²) in [6.07, 6.45) is -0.653. The highest BCUT2D eigenvalue weighted by Gasteiger charge is 2.18. The van der Waals surface area contributed by atoms with Gasteiger partial charge in [-0.3, -0.25) is 0 Å². The minimum Gasteiger partial charge on any atom is -0.495 e. The van der Waals surface area contributed by atoms with Crippen LogP contribution in [0.2, 0.25) is 10.0 Å².